The molecule has 0 fully saturated rings. The molecule has 0 bridgehead atoms. The van der Waals surface area contributed by atoms with Crippen LogP contribution >= 0.6 is 0 Å². The molecule has 5 nitrogen and oxygen atoms in total. The van der Waals surface area contributed by atoms with E-state index in [1.54, 1.807) is 21.3 Å². The molecule has 13 heteroatoms. The number of halogens is 5. The molecular weight excluding hydrogens is 487 g/mol. The Morgan fingerprint density at radius 2 is 1.28 bits per heavy atom. The molecule has 0 N–H and O–H groups in total. The summed E-state index contributed by atoms with van der Waals surface area (Å²) < 4.78 is 90.8. The highest BCUT2D eigenvalue weighted by Gasteiger charge is 2.57. The predicted molar refractivity (Wildman–Crippen MR) is 123 cm³/mol. The van der Waals surface area contributed by atoms with Crippen LogP contribution in [0.25, 0.3) is 0 Å². The van der Waals surface area contributed by atoms with Gasteiger partial charge in [-0.2, -0.15) is 22.0 Å². The van der Waals surface area contributed by atoms with Gasteiger partial charge in [-0.3, -0.25) is 0 Å². The van der Waals surface area contributed by atoms with Gasteiger partial charge in [-0.15, -0.1) is 0 Å². The molecule has 0 radical (unpaired) electrons. The minimum Gasteiger partial charge on any atom is -0.415 e. The molecule has 0 aliphatic heterocycles. The van der Waals surface area contributed by atoms with Crippen molar-refractivity contribution in [3.05, 3.63) is 0 Å². The normalized spacial score (nSPS) is 16.3. The second-order valence-electron chi connectivity index (χ2n) is 9.97. The number of alkyl halides is 5. The first-order chi connectivity index (χ1) is 14.3. The van der Waals surface area contributed by atoms with E-state index in [1.807, 2.05) is 0 Å². The van der Waals surface area contributed by atoms with Gasteiger partial charge in [0.15, 0.2) is 8.32 Å². The molecule has 0 amide bonds. The highest BCUT2D eigenvalue weighted by molar-refractivity contribution is 6.78. The minimum atomic E-state index is -5.61. The third kappa shape index (κ3) is 11.0. The Morgan fingerprint density at radius 3 is 1.66 bits per heavy atom. The molecule has 0 aliphatic carbocycles. The molecule has 194 valence electrons. The Bertz CT molecular complexity index is 527. The molecule has 0 aromatic carbocycles. The Kier molecular flexibility index (Phi) is 12.7. The fourth-order valence-electron chi connectivity index (χ4n) is 3.53. The molecule has 0 aromatic heterocycles. The van der Waals surface area contributed by atoms with Gasteiger partial charge in [0, 0.05) is 40.1 Å². The van der Waals surface area contributed by atoms with Crippen LogP contribution in [0.3, 0.4) is 0 Å². The Hall–Kier alpha value is 0.101. The molecule has 0 aliphatic rings. The zero-order chi connectivity index (χ0) is 25.4. The highest BCUT2D eigenvalue weighted by atomic mass is 28.4. The summed E-state index contributed by atoms with van der Waals surface area (Å²) in [5.41, 5.74) is 0.193. The van der Waals surface area contributed by atoms with Crippen molar-refractivity contribution in [2.24, 2.45) is 0 Å². The van der Waals surface area contributed by atoms with Crippen LogP contribution in [0.4, 0.5) is 22.0 Å². The second kappa shape index (κ2) is 12.7. The van der Waals surface area contributed by atoms with Gasteiger partial charge in [-0.05, 0) is 44.4 Å². The van der Waals surface area contributed by atoms with E-state index in [9.17, 15) is 22.0 Å². The lowest BCUT2D eigenvalue weighted by Gasteiger charge is -2.40. The van der Waals surface area contributed by atoms with Crippen LogP contribution in [0.5, 0.6) is 0 Å². The van der Waals surface area contributed by atoms with Gasteiger partial charge in [0.25, 0.3) is 0 Å². The van der Waals surface area contributed by atoms with Crippen molar-refractivity contribution >= 4 is 25.2 Å². The first kappa shape index (κ1) is 32.1. The van der Waals surface area contributed by atoms with Gasteiger partial charge in [-0.1, -0.05) is 19.6 Å². The molecule has 0 heterocycles. The monoisotopic (exact) mass is 528 g/mol. The van der Waals surface area contributed by atoms with Crippen LogP contribution in [0.15, 0.2) is 0 Å². The molecule has 0 rings (SSSR count). The maximum atomic E-state index is 13.0. The predicted octanol–water partition coefficient (Wildman–Crippen LogP) is 6.18. The Morgan fingerprint density at radius 1 is 0.781 bits per heavy atom. The van der Waals surface area contributed by atoms with E-state index in [2.05, 4.69) is 44.0 Å². The highest BCUT2D eigenvalue weighted by Crippen LogP contribution is 2.38. The van der Waals surface area contributed by atoms with Gasteiger partial charge < -0.3 is 22.4 Å². The third-order valence-corrected chi connectivity index (χ3v) is 11.9. The first-order valence-electron chi connectivity index (χ1n) is 10.7. The van der Waals surface area contributed by atoms with E-state index in [0.717, 1.165) is 6.42 Å². The lowest BCUT2D eigenvalue weighted by atomic mass is 10.1. The number of rotatable bonds is 16. The molecule has 2 unspecified atom stereocenters. The Balaban J connectivity index is 5.27. The number of ether oxygens (including phenoxy) is 1. The molecule has 0 saturated carbocycles. The average Bonchev–Trinajstić information content (AvgIpc) is 2.61. The fraction of sp³-hybridized carbons (Fsp3) is 1.00. The van der Waals surface area contributed by atoms with Gasteiger partial charge in [0.1, 0.15) is 6.61 Å². The van der Waals surface area contributed by atoms with Crippen molar-refractivity contribution in [2.45, 2.75) is 88.3 Å². The maximum absolute atomic E-state index is 13.0. The fourth-order valence-corrected chi connectivity index (χ4v) is 9.28. The van der Waals surface area contributed by atoms with E-state index in [1.165, 1.54) is 0 Å². The second-order valence-corrected chi connectivity index (χ2v) is 23.0. The van der Waals surface area contributed by atoms with Gasteiger partial charge in [0.2, 0.25) is 0 Å². The SMILES string of the molecule is CO[Si](CCC(C(CCCOCC(F)(F)C(F)(F)F)O[Si](C)(C)C)[Si](C)(C)C)(OC)OC. The van der Waals surface area contributed by atoms with Crippen LogP contribution in [-0.4, -0.2) is 77.9 Å². The van der Waals surface area contributed by atoms with Crippen molar-refractivity contribution in [2.75, 3.05) is 34.5 Å². The van der Waals surface area contributed by atoms with Gasteiger partial charge in [0.05, 0.1) is 8.07 Å². The van der Waals surface area contributed by atoms with Crippen LogP contribution < -0.4 is 0 Å². The topological polar surface area (TPSA) is 46.2 Å². The molecule has 0 aromatic rings. The van der Waals surface area contributed by atoms with Crippen molar-refractivity contribution in [1.29, 1.82) is 0 Å². The lowest BCUT2D eigenvalue weighted by Crippen LogP contribution is -2.46. The molecular formula is C19H41F5O5Si3. The lowest BCUT2D eigenvalue weighted by molar-refractivity contribution is -0.296. The average molecular weight is 529 g/mol. The van der Waals surface area contributed by atoms with Crippen molar-refractivity contribution in [3.63, 3.8) is 0 Å². The summed E-state index contributed by atoms with van der Waals surface area (Å²) in [6, 6.07) is 0.602. The van der Waals surface area contributed by atoms with Crippen molar-refractivity contribution < 1.29 is 44.4 Å². The smallest absolute Gasteiger partial charge is 0.415 e. The molecule has 0 spiro atoms. The van der Waals surface area contributed by atoms with Crippen molar-refractivity contribution in [3.8, 4) is 0 Å². The van der Waals surface area contributed by atoms with Crippen LogP contribution in [0.1, 0.15) is 19.3 Å². The Labute approximate surface area is 192 Å². The van der Waals surface area contributed by atoms with Crippen LogP contribution in [0, 0.1) is 0 Å². The summed E-state index contributed by atoms with van der Waals surface area (Å²) >= 11 is 0. The third-order valence-electron chi connectivity index (χ3n) is 5.24. The zero-order valence-electron chi connectivity index (χ0n) is 20.8. The van der Waals surface area contributed by atoms with E-state index in [0.29, 0.717) is 18.9 Å². The standard InChI is InChI=1S/C19H41F5O5Si3/c1-25-32(26-2,27-3)14-12-17(30(4,5)6)16(29-31(7,8)9)11-10-13-28-15-18(20,21)19(22,23)24/h16-17H,10-15H2,1-9H3. The summed E-state index contributed by atoms with van der Waals surface area (Å²) in [4.78, 5) is 0. The largest absolute Gasteiger partial charge is 0.500 e. The summed E-state index contributed by atoms with van der Waals surface area (Å²) in [6.07, 6.45) is -4.18. The minimum absolute atomic E-state index is 0.155. The molecule has 32 heavy (non-hydrogen) atoms. The van der Waals surface area contributed by atoms with Crippen LogP contribution in [-0.2, 0) is 22.4 Å². The van der Waals surface area contributed by atoms with Crippen molar-refractivity contribution in [1.82, 2.24) is 0 Å². The molecule has 2 atom stereocenters. The summed E-state index contributed by atoms with van der Waals surface area (Å²) in [6.45, 7) is 11.0. The molecule has 0 saturated heterocycles. The quantitative estimate of drug-likeness (QED) is 0.136. The van der Waals surface area contributed by atoms with Gasteiger partial charge >= 0.3 is 20.9 Å². The van der Waals surface area contributed by atoms with Crippen LogP contribution in [0.2, 0.25) is 50.9 Å². The summed E-state index contributed by atoms with van der Waals surface area (Å²) in [7, 11) is -1.82. The summed E-state index contributed by atoms with van der Waals surface area (Å²) in [5.74, 6) is -4.85. The summed E-state index contributed by atoms with van der Waals surface area (Å²) in [5, 5.41) is 0. The van der Waals surface area contributed by atoms with E-state index in [-0.39, 0.29) is 18.3 Å². The zero-order valence-corrected chi connectivity index (χ0v) is 23.8. The number of hydrogen-bond acceptors (Lipinski definition) is 5. The maximum Gasteiger partial charge on any atom is 0.500 e. The van der Waals surface area contributed by atoms with E-state index >= 15 is 0 Å². The number of hydrogen-bond donors (Lipinski definition) is 0. The van der Waals surface area contributed by atoms with E-state index in [4.69, 9.17) is 17.7 Å². The first-order valence-corrected chi connectivity index (χ1v) is 19.6. The van der Waals surface area contributed by atoms with Gasteiger partial charge in [-0.25, -0.2) is 0 Å². The van der Waals surface area contributed by atoms with E-state index < -0.39 is 43.9 Å².